The molecular weight excluding hydrogens is 216 g/mol. The fourth-order valence-electron chi connectivity index (χ4n) is 1.90. The number of nitrogens with one attached hydrogen (secondary N) is 2. The van der Waals surface area contributed by atoms with Crippen LogP contribution in [0.2, 0.25) is 0 Å². The van der Waals surface area contributed by atoms with E-state index in [1.807, 2.05) is 7.05 Å². The lowest BCUT2D eigenvalue weighted by molar-refractivity contribution is 0.0940. The quantitative estimate of drug-likeness (QED) is 0.744. The van der Waals surface area contributed by atoms with Gasteiger partial charge in [0.25, 0.3) is 5.91 Å². The summed E-state index contributed by atoms with van der Waals surface area (Å²) in [5, 5.41) is 6.16. The van der Waals surface area contributed by atoms with Gasteiger partial charge in [0, 0.05) is 32.5 Å². The van der Waals surface area contributed by atoms with Gasteiger partial charge in [-0.1, -0.05) is 11.6 Å². The summed E-state index contributed by atoms with van der Waals surface area (Å²) in [6.45, 7) is 2.67. The minimum Gasteiger partial charge on any atom is -0.349 e. The van der Waals surface area contributed by atoms with Gasteiger partial charge in [-0.2, -0.15) is 0 Å². The van der Waals surface area contributed by atoms with Crippen LogP contribution < -0.4 is 10.6 Å². The van der Waals surface area contributed by atoms with E-state index in [-0.39, 0.29) is 5.91 Å². The van der Waals surface area contributed by atoms with Gasteiger partial charge in [0.15, 0.2) is 5.82 Å². The van der Waals surface area contributed by atoms with Gasteiger partial charge < -0.3 is 15.2 Å². The topological polar surface area (TPSA) is 59.0 Å². The number of nitrogens with zero attached hydrogens (tertiary/aromatic N) is 2. The van der Waals surface area contributed by atoms with Crippen molar-refractivity contribution in [2.24, 2.45) is 7.05 Å². The molecule has 2 rings (SSSR count). The second-order valence-corrected chi connectivity index (χ2v) is 4.18. The van der Waals surface area contributed by atoms with E-state index >= 15 is 0 Å². The molecule has 2 N–H and O–H groups in total. The van der Waals surface area contributed by atoms with Gasteiger partial charge in [-0.15, -0.1) is 0 Å². The van der Waals surface area contributed by atoms with Crippen molar-refractivity contribution < 1.29 is 4.79 Å². The normalized spacial score (nSPS) is 15.5. The molecule has 17 heavy (non-hydrogen) atoms. The number of carbonyl (C=O) groups is 1. The smallest absolute Gasteiger partial charge is 0.287 e. The van der Waals surface area contributed by atoms with E-state index in [1.165, 1.54) is 5.57 Å². The Morgan fingerprint density at radius 2 is 2.53 bits per heavy atom. The highest BCUT2D eigenvalue weighted by atomic mass is 16.2. The third-order valence-electron chi connectivity index (χ3n) is 2.91. The highest BCUT2D eigenvalue weighted by molar-refractivity contribution is 5.90. The number of hydrogen-bond donors (Lipinski definition) is 2. The van der Waals surface area contributed by atoms with Crippen LogP contribution in [0.15, 0.2) is 24.0 Å². The van der Waals surface area contributed by atoms with Gasteiger partial charge in [0.2, 0.25) is 0 Å². The monoisotopic (exact) mass is 234 g/mol. The molecule has 0 saturated carbocycles. The van der Waals surface area contributed by atoms with Crippen molar-refractivity contribution in [1.82, 2.24) is 20.2 Å². The first kappa shape index (κ1) is 11.9. The number of aryl methyl sites for hydroxylation is 1. The molecule has 0 atom stereocenters. The number of carbonyl (C=O) groups excluding carboxylic acids is 1. The van der Waals surface area contributed by atoms with Crippen LogP contribution in [-0.2, 0) is 7.05 Å². The standard InChI is InChI=1S/C12H18N4O/c1-16-9-8-14-11(16)12(17)15-7-4-10-2-5-13-6-3-10/h2,8-9,13H,3-7H2,1H3,(H,15,17). The van der Waals surface area contributed by atoms with Crippen molar-refractivity contribution >= 4 is 5.91 Å². The molecule has 1 aromatic rings. The molecule has 0 bridgehead atoms. The van der Waals surface area contributed by atoms with E-state index in [1.54, 1.807) is 17.0 Å². The van der Waals surface area contributed by atoms with Crippen LogP contribution in [0, 0.1) is 0 Å². The molecule has 0 radical (unpaired) electrons. The first-order chi connectivity index (χ1) is 8.27. The van der Waals surface area contributed by atoms with Crippen LogP contribution in [-0.4, -0.2) is 35.1 Å². The second-order valence-electron chi connectivity index (χ2n) is 4.18. The Labute approximate surface area is 101 Å². The molecule has 0 saturated heterocycles. The third kappa shape index (κ3) is 3.17. The molecule has 0 unspecified atom stereocenters. The highest BCUT2D eigenvalue weighted by Gasteiger charge is 2.10. The molecule has 0 aromatic carbocycles. The Balaban J connectivity index is 1.77. The van der Waals surface area contributed by atoms with Gasteiger partial charge in [0.05, 0.1) is 0 Å². The molecule has 92 valence electrons. The molecule has 2 heterocycles. The summed E-state index contributed by atoms with van der Waals surface area (Å²) in [6.07, 6.45) is 7.61. The molecule has 5 nitrogen and oxygen atoms in total. The van der Waals surface area contributed by atoms with Gasteiger partial charge in [-0.25, -0.2) is 4.98 Å². The SMILES string of the molecule is Cn1ccnc1C(=O)NCCC1=CCNCC1. The molecule has 1 aliphatic heterocycles. The van der Waals surface area contributed by atoms with Gasteiger partial charge in [-0.05, 0) is 19.4 Å². The fourth-order valence-corrected chi connectivity index (χ4v) is 1.90. The summed E-state index contributed by atoms with van der Waals surface area (Å²) in [6, 6.07) is 0. The first-order valence-electron chi connectivity index (χ1n) is 5.91. The van der Waals surface area contributed by atoms with Crippen molar-refractivity contribution in [3.8, 4) is 0 Å². The molecule has 0 fully saturated rings. The summed E-state index contributed by atoms with van der Waals surface area (Å²) in [4.78, 5) is 15.7. The van der Waals surface area contributed by atoms with Crippen molar-refractivity contribution in [2.45, 2.75) is 12.8 Å². The summed E-state index contributed by atoms with van der Waals surface area (Å²) in [5.41, 5.74) is 1.42. The van der Waals surface area contributed by atoms with Crippen LogP contribution in [0.3, 0.4) is 0 Å². The number of amides is 1. The maximum Gasteiger partial charge on any atom is 0.287 e. The Hall–Kier alpha value is -1.62. The van der Waals surface area contributed by atoms with Crippen molar-refractivity contribution in [3.05, 3.63) is 29.9 Å². The zero-order chi connectivity index (χ0) is 12.1. The van der Waals surface area contributed by atoms with Crippen LogP contribution in [0.25, 0.3) is 0 Å². The van der Waals surface area contributed by atoms with Crippen LogP contribution in [0.5, 0.6) is 0 Å². The van der Waals surface area contributed by atoms with Gasteiger partial charge in [0.1, 0.15) is 0 Å². The minimum atomic E-state index is -0.105. The van der Waals surface area contributed by atoms with Crippen molar-refractivity contribution in [1.29, 1.82) is 0 Å². The Morgan fingerprint density at radius 1 is 1.65 bits per heavy atom. The average Bonchev–Trinajstić information content (AvgIpc) is 2.77. The van der Waals surface area contributed by atoms with E-state index in [4.69, 9.17) is 0 Å². The first-order valence-corrected chi connectivity index (χ1v) is 5.91. The maximum atomic E-state index is 11.7. The van der Waals surface area contributed by atoms with Gasteiger partial charge >= 0.3 is 0 Å². The Kier molecular flexibility index (Phi) is 3.93. The van der Waals surface area contributed by atoms with E-state index in [9.17, 15) is 4.79 Å². The minimum absolute atomic E-state index is 0.105. The summed E-state index contributed by atoms with van der Waals surface area (Å²) in [7, 11) is 1.82. The molecule has 0 spiro atoms. The maximum absolute atomic E-state index is 11.7. The zero-order valence-corrected chi connectivity index (χ0v) is 10.1. The average molecular weight is 234 g/mol. The third-order valence-corrected chi connectivity index (χ3v) is 2.91. The predicted molar refractivity (Wildman–Crippen MR) is 65.7 cm³/mol. The second kappa shape index (κ2) is 5.63. The Morgan fingerprint density at radius 3 is 3.18 bits per heavy atom. The van der Waals surface area contributed by atoms with Crippen molar-refractivity contribution in [2.75, 3.05) is 19.6 Å². The number of rotatable bonds is 4. The summed E-state index contributed by atoms with van der Waals surface area (Å²) in [5.74, 6) is 0.358. The van der Waals surface area contributed by atoms with E-state index in [0.29, 0.717) is 12.4 Å². The van der Waals surface area contributed by atoms with Crippen LogP contribution >= 0.6 is 0 Å². The highest BCUT2D eigenvalue weighted by Crippen LogP contribution is 2.07. The van der Waals surface area contributed by atoms with Crippen LogP contribution in [0.1, 0.15) is 23.5 Å². The molecule has 1 amide bonds. The largest absolute Gasteiger partial charge is 0.349 e. The lowest BCUT2D eigenvalue weighted by Crippen LogP contribution is -2.28. The lowest BCUT2D eigenvalue weighted by atomic mass is 10.1. The molecule has 1 aromatic heterocycles. The summed E-state index contributed by atoms with van der Waals surface area (Å²) < 4.78 is 1.72. The number of aromatic nitrogens is 2. The Bertz CT molecular complexity index is 422. The predicted octanol–water partition coefficient (Wildman–Crippen LogP) is 0.460. The molecule has 0 aliphatic carbocycles. The fraction of sp³-hybridized carbons (Fsp3) is 0.500. The van der Waals surface area contributed by atoms with E-state index < -0.39 is 0 Å². The molecular formula is C12H18N4O. The van der Waals surface area contributed by atoms with Crippen molar-refractivity contribution in [3.63, 3.8) is 0 Å². The molecule has 1 aliphatic rings. The van der Waals surface area contributed by atoms with Crippen LogP contribution in [0.4, 0.5) is 0 Å². The summed E-state index contributed by atoms with van der Waals surface area (Å²) >= 11 is 0. The van der Waals surface area contributed by atoms with E-state index in [2.05, 4.69) is 21.7 Å². The van der Waals surface area contributed by atoms with Gasteiger partial charge in [-0.3, -0.25) is 4.79 Å². The van der Waals surface area contributed by atoms with E-state index in [0.717, 1.165) is 25.9 Å². The molecule has 5 heteroatoms. The lowest BCUT2D eigenvalue weighted by Gasteiger charge is -2.14. The number of hydrogen-bond acceptors (Lipinski definition) is 3. The zero-order valence-electron chi connectivity index (χ0n) is 10.1. The number of imidazole rings is 1.